The lowest BCUT2D eigenvalue weighted by atomic mass is 10.1. The highest BCUT2D eigenvalue weighted by Crippen LogP contribution is 2.15. The van der Waals surface area contributed by atoms with Crippen LogP contribution in [0.5, 0.6) is 0 Å². The third kappa shape index (κ3) is 4.59. The predicted molar refractivity (Wildman–Crippen MR) is 102 cm³/mol. The zero-order valence-electron chi connectivity index (χ0n) is 14.4. The Hall–Kier alpha value is -1.84. The SMILES string of the molecule is Cc1ccc(CN2CCN(/N=C\c3ccc(Cl)cc3)CC2)c(C)c1. The van der Waals surface area contributed by atoms with Crippen LogP contribution >= 0.6 is 11.6 Å². The summed E-state index contributed by atoms with van der Waals surface area (Å²) in [6, 6.07) is 14.5. The van der Waals surface area contributed by atoms with E-state index in [1.165, 1.54) is 16.7 Å². The lowest BCUT2D eigenvalue weighted by molar-refractivity contribution is 0.131. The Morgan fingerprint density at radius 3 is 2.38 bits per heavy atom. The molecular weight excluding hydrogens is 318 g/mol. The van der Waals surface area contributed by atoms with Crippen molar-refractivity contribution >= 4 is 17.8 Å². The number of hydrogen-bond donors (Lipinski definition) is 0. The van der Waals surface area contributed by atoms with Gasteiger partial charge in [0.1, 0.15) is 0 Å². The predicted octanol–water partition coefficient (Wildman–Crippen LogP) is 4.11. The highest BCUT2D eigenvalue weighted by atomic mass is 35.5. The van der Waals surface area contributed by atoms with Gasteiger partial charge in [0.15, 0.2) is 0 Å². The minimum atomic E-state index is 0.757. The molecule has 0 aliphatic carbocycles. The maximum Gasteiger partial charge on any atom is 0.0542 e. The number of rotatable bonds is 4. The van der Waals surface area contributed by atoms with Crippen molar-refractivity contribution in [2.75, 3.05) is 26.2 Å². The van der Waals surface area contributed by atoms with Gasteiger partial charge in [-0.05, 0) is 42.7 Å². The Morgan fingerprint density at radius 2 is 1.71 bits per heavy atom. The zero-order valence-corrected chi connectivity index (χ0v) is 15.1. The molecule has 4 heteroatoms. The van der Waals surface area contributed by atoms with E-state index >= 15 is 0 Å². The fourth-order valence-electron chi connectivity index (χ4n) is 2.97. The van der Waals surface area contributed by atoms with E-state index in [2.05, 4.69) is 47.1 Å². The molecule has 3 nitrogen and oxygen atoms in total. The van der Waals surface area contributed by atoms with Crippen molar-refractivity contribution in [3.63, 3.8) is 0 Å². The topological polar surface area (TPSA) is 18.8 Å². The molecule has 0 atom stereocenters. The first-order chi connectivity index (χ1) is 11.6. The lowest BCUT2D eigenvalue weighted by Gasteiger charge is -2.33. The van der Waals surface area contributed by atoms with Crippen molar-refractivity contribution in [2.45, 2.75) is 20.4 Å². The van der Waals surface area contributed by atoms with Crippen LogP contribution in [-0.2, 0) is 6.54 Å². The zero-order chi connectivity index (χ0) is 16.9. The summed E-state index contributed by atoms with van der Waals surface area (Å²) in [5.74, 6) is 0. The summed E-state index contributed by atoms with van der Waals surface area (Å²) in [6.07, 6.45) is 1.91. The smallest absolute Gasteiger partial charge is 0.0542 e. The molecule has 1 aliphatic heterocycles. The maximum atomic E-state index is 5.90. The van der Waals surface area contributed by atoms with Gasteiger partial charge in [-0.15, -0.1) is 0 Å². The van der Waals surface area contributed by atoms with Crippen molar-refractivity contribution in [3.05, 3.63) is 69.7 Å². The summed E-state index contributed by atoms with van der Waals surface area (Å²) in [5, 5.41) is 7.49. The Labute approximate surface area is 149 Å². The van der Waals surface area contributed by atoms with Gasteiger partial charge in [0.25, 0.3) is 0 Å². The summed E-state index contributed by atoms with van der Waals surface area (Å²) < 4.78 is 0. The largest absolute Gasteiger partial charge is 0.295 e. The molecule has 0 N–H and O–H groups in total. The van der Waals surface area contributed by atoms with Gasteiger partial charge < -0.3 is 0 Å². The van der Waals surface area contributed by atoms with Gasteiger partial charge in [-0.25, -0.2) is 0 Å². The molecular formula is C20H24ClN3. The van der Waals surface area contributed by atoms with E-state index in [9.17, 15) is 0 Å². The summed E-state index contributed by atoms with van der Waals surface area (Å²) >= 11 is 5.90. The van der Waals surface area contributed by atoms with Crippen LogP contribution in [0.1, 0.15) is 22.3 Å². The molecule has 0 radical (unpaired) electrons. The molecule has 1 saturated heterocycles. The van der Waals surface area contributed by atoms with E-state index in [4.69, 9.17) is 11.6 Å². The maximum absolute atomic E-state index is 5.90. The van der Waals surface area contributed by atoms with E-state index in [-0.39, 0.29) is 0 Å². The van der Waals surface area contributed by atoms with Gasteiger partial charge in [-0.1, -0.05) is 47.5 Å². The van der Waals surface area contributed by atoms with Gasteiger partial charge in [-0.2, -0.15) is 5.10 Å². The molecule has 1 heterocycles. The standard InChI is InChI=1S/C20H24ClN3/c1-16-3-6-19(17(2)13-16)15-23-9-11-24(12-10-23)22-14-18-4-7-20(21)8-5-18/h3-8,13-14H,9-12,15H2,1-2H3/b22-14-. The first kappa shape index (κ1) is 17.0. The van der Waals surface area contributed by atoms with E-state index < -0.39 is 0 Å². The van der Waals surface area contributed by atoms with Crippen LogP contribution < -0.4 is 0 Å². The molecule has 0 amide bonds. The molecule has 0 aromatic heterocycles. The van der Waals surface area contributed by atoms with Crippen LogP contribution in [0.4, 0.5) is 0 Å². The second-order valence-corrected chi connectivity index (χ2v) is 6.89. The number of hydrogen-bond acceptors (Lipinski definition) is 3. The van der Waals surface area contributed by atoms with Crippen molar-refractivity contribution in [2.24, 2.45) is 5.10 Å². The highest BCUT2D eigenvalue weighted by Gasteiger charge is 2.16. The Balaban J connectivity index is 1.51. The number of benzene rings is 2. The van der Waals surface area contributed by atoms with Crippen molar-refractivity contribution in [1.29, 1.82) is 0 Å². The number of hydrazone groups is 1. The molecule has 2 aromatic carbocycles. The van der Waals surface area contributed by atoms with E-state index in [0.29, 0.717) is 0 Å². The van der Waals surface area contributed by atoms with Crippen LogP contribution in [0, 0.1) is 13.8 Å². The molecule has 0 spiro atoms. The Morgan fingerprint density at radius 1 is 1.00 bits per heavy atom. The van der Waals surface area contributed by atoms with Crippen molar-refractivity contribution in [3.8, 4) is 0 Å². The van der Waals surface area contributed by atoms with E-state index in [0.717, 1.165) is 43.3 Å². The molecule has 126 valence electrons. The van der Waals surface area contributed by atoms with Gasteiger partial charge >= 0.3 is 0 Å². The van der Waals surface area contributed by atoms with Gasteiger partial charge in [0.2, 0.25) is 0 Å². The van der Waals surface area contributed by atoms with Crippen LogP contribution in [0.2, 0.25) is 5.02 Å². The number of piperazine rings is 1. The number of aryl methyl sites for hydroxylation is 2. The van der Waals surface area contributed by atoms with E-state index in [1.54, 1.807) is 0 Å². The molecule has 24 heavy (non-hydrogen) atoms. The minimum absolute atomic E-state index is 0.757. The summed E-state index contributed by atoms with van der Waals surface area (Å²) in [6.45, 7) is 9.41. The molecule has 1 fully saturated rings. The number of nitrogens with zero attached hydrogens (tertiary/aromatic N) is 3. The first-order valence-electron chi connectivity index (χ1n) is 8.43. The second kappa shape index (κ2) is 7.82. The second-order valence-electron chi connectivity index (χ2n) is 6.46. The summed E-state index contributed by atoms with van der Waals surface area (Å²) in [7, 11) is 0. The van der Waals surface area contributed by atoms with Gasteiger partial charge in [0.05, 0.1) is 6.21 Å². The quantitative estimate of drug-likeness (QED) is 0.779. The fraction of sp³-hybridized carbons (Fsp3) is 0.350. The molecule has 0 unspecified atom stereocenters. The third-order valence-corrected chi connectivity index (χ3v) is 4.73. The third-order valence-electron chi connectivity index (χ3n) is 4.48. The number of halogens is 1. The fourth-order valence-corrected chi connectivity index (χ4v) is 3.10. The van der Waals surface area contributed by atoms with Crippen molar-refractivity contribution < 1.29 is 0 Å². The lowest BCUT2D eigenvalue weighted by Crippen LogP contribution is -2.43. The minimum Gasteiger partial charge on any atom is -0.295 e. The van der Waals surface area contributed by atoms with Crippen LogP contribution in [0.15, 0.2) is 47.6 Å². The highest BCUT2D eigenvalue weighted by molar-refractivity contribution is 6.30. The molecule has 0 bridgehead atoms. The van der Waals surface area contributed by atoms with E-state index in [1.807, 2.05) is 30.5 Å². The average Bonchev–Trinajstić information content (AvgIpc) is 2.58. The Bertz CT molecular complexity index is 701. The molecule has 0 saturated carbocycles. The molecule has 1 aliphatic rings. The normalized spacial score (nSPS) is 16.0. The van der Waals surface area contributed by atoms with Crippen molar-refractivity contribution in [1.82, 2.24) is 9.91 Å². The molecule has 3 rings (SSSR count). The van der Waals surface area contributed by atoms with Crippen LogP contribution in [-0.4, -0.2) is 42.3 Å². The van der Waals surface area contributed by atoms with Gasteiger partial charge in [-0.3, -0.25) is 9.91 Å². The van der Waals surface area contributed by atoms with Crippen LogP contribution in [0.25, 0.3) is 0 Å². The monoisotopic (exact) mass is 341 g/mol. The summed E-state index contributed by atoms with van der Waals surface area (Å²) in [4.78, 5) is 2.51. The Kier molecular flexibility index (Phi) is 5.54. The van der Waals surface area contributed by atoms with Crippen LogP contribution in [0.3, 0.4) is 0 Å². The first-order valence-corrected chi connectivity index (χ1v) is 8.81. The average molecular weight is 342 g/mol. The summed E-state index contributed by atoms with van der Waals surface area (Å²) in [5.41, 5.74) is 5.23. The molecule has 2 aromatic rings. The van der Waals surface area contributed by atoms with Gasteiger partial charge in [0, 0.05) is 37.7 Å².